The van der Waals surface area contributed by atoms with Gasteiger partial charge in [0.25, 0.3) is 0 Å². The summed E-state index contributed by atoms with van der Waals surface area (Å²) in [4.78, 5) is 14.5. The number of carbonyl (C=O) groups excluding carboxylic acids is 1. The number of benzene rings is 1. The Bertz CT molecular complexity index is 451. The number of likely N-dealkylation sites (tertiary alicyclic amines) is 1. The van der Waals surface area contributed by atoms with Crippen molar-refractivity contribution in [1.82, 2.24) is 10.2 Å². The van der Waals surface area contributed by atoms with Crippen molar-refractivity contribution in [3.63, 3.8) is 0 Å². The van der Waals surface area contributed by atoms with Crippen LogP contribution in [0.25, 0.3) is 0 Å². The van der Waals surface area contributed by atoms with Gasteiger partial charge in [-0.05, 0) is 56.8 Å². The fraction of sp³-hybridized carbons (Fsp3) is 0.611. The van der Waals surface area contributed by atoms with Crippen LogP contribution >= 0.6 is 24.8 Å². The molecule has 1 unspecified atom stereocenters. The minimum Gasteiger partial charge on any atom is -0.355 e. The summed E-state index contributed by atoms with van der Waals surface area (Å²) in [6.45, 7) is 6.51. The maximum absolute atomic E-state index is 12.0. The number of piperidine rings is 1. The van der Waals surface area contributed by atoms with Crippen molar-refractivity contribution in [2.75, 3.05) is 26.2 Å². The molecule has 0 saturated carbocycles. The summed E-state index contributed by atoms with van der Waals surface area (Å²) in [5.74, 6) is 0.711. The van der Waals surface area contributed by atoms with Crippen molar-refractivity contribution in [3.8, 4) is 0 Å². The number of carbonyl (C=O) groups is 1. The number of nitrogens with zero attached hydrogens (tertiary/aromatic N) is 1. The summed E-state index contributed by atoms with van der Waals surface area (Å²) in [5.41, 5.74) is 7.09. The Hall–Kier alpha value is -0.810. The van der Waals surface area contributed by atoms with Crippen molar-refractivity contribution >= 4 is 30.7 Å². The van der Waals surface area contributed by atoms with Gasteiger partial charge >= 0.3 is 0 Å². The highest BCUT2D eigenvalue weighted by Crippen LogP contribution is 2.19. The van der Waals surface area contributed by atoms with E-state index in [2.05, 4.69) is 17.1 Å². The fourth-order valence-electron chi connectivity index (χ4n) is 3.08. The first-order valence-corrected chi connectivity index (χ1v) is 8.48. The normalized spacial score (nSPS) is 16.6. The third-order valence-electron chi connectivity index (χ3n) is 4.64. The molecule has 2 rings (SSSR count). The van der Waals surface area contributed by atoms with E-state index in [1.165, 1.54) is 25.9 Å². The van der Waals surface area contributed by atoms with E-state index in [9.17, 15) is 4.79 Å². The Morgan fingerprint density at radius 3 is 2.46 bits per heavy atom. The highest BCUT2D eigenvalue weighted by molar-refractivity contribution is 5.85. The highest BCUT2D eigenvalue weighted by atomic mass is 35.5. The lowest BCUT2D eigenvalue weighted by Crippen LogP contribution is -2.43. The quantitative estimate of drug-likeness (QED) is 0.769. The lowest BCUT2D eigenvalue weighted by Gasteiger charge is -2.31. The summed E-state index contributed by atoms with van der Waals surface area (Å²) < 4.78 is 0. The topological polar surface area (TPSA) is 58.4 Å². The van der Waals surface area contributed by atoms with Gasteiger partial charge in [-0.3, -0.25) is 4.79 Å². The van der Waals surface area contributed by atoms with Crippen LogP contribution in [-0.4, -0.2) is 43.0 Å². The second-order valence-electron chi connectivity index (χ2n) is 6.25. The molecule has 24 heavy (non-hydrogen) atoms. The summed E-state index contributed by atoms with van der Waals surface area (Å²) >= 11 is 0. The Morgan fingerprint density at radius 2 is 1.88 bits per heavy atom. The van der Waals surface area contributed by atoms with Crippen molar-refractivity contribution < 1.29 is 4.79 Å². The fourth-order valence-corrected chi connectivity index (χ4v) is 3.08. The van der Waals surface area contributed by atoms with Crippen LogP contribution in [0.5, 0.6) is 0 Å². The molecule has 1 aromatic carbocycles. The van der Waals surface area contributed by atoms with E-state index in [-0.39, 0.29) is 30.7 Å². The average Bonchev–Trinajstić information content (AvgIpc) is 2.56. The molecule has 1 aliphatic rings. The summed E-state index contributed by atoms with van der Waals surface area (Å²) in [7, 11) is 0. The molecule has 0 bridgehead atoms. The van der Waals surface area contributed by atoms with Gasteiger partial charge in [-0.1, -0.05) is 37.3 Å². The molecule has 6 heteroatoms. The van der Waals surface area contributed by atoms with Gasteiger partial charge in [0, 0.05) is 6.54 Å². The molecular weight excluding hydrogens is 345 g/mol. The Balaban J connectivity index is 0.00000264. The van der Waals surface area contributed by atoms with Crippen LogP contribution in [0.3, 0.4) is 0 Å². The smallest absolute Gasteiger partial charge is 0.237 e. The van der Waals surface area contributed by atoms with Gasteiger partial charge in [-0.2, -0.15) is 0 Å². The van der Waals surface area contributed by atoms with Gasteiger partial charge in [-0.15, -0.1) is 24.8 Å². The maximum atomic E-state index is 12.0. The van der Waals surface area contributed by atoms with E-state index >= 15 is 0 Å². The first-order chi connectivity index (χ1) is 10.7. The number of halogens is 2. The molecule has 1 aliphatic heterocycles. The van der Waals surface area contributed by atoms with Crippen molar-refractivity contribution in [1.29, 1.82) is 0 Å². The summed E-state index contributed by atoms with van der Waals surface area (Å²) in [6, 6.07) is 9.48. The van der Waals surface area contributed by atoms with Crippen LogP contribution in [0, 0.1) is 5.92 Å². The largest absolute Gasteiger partial charge is 0.355 e. The van der Waals surface area contributed by atoms with Gasteiger partial charge in [0.1, 0.15) is 0 Å². The molecule has 1 heterocycles. The van der Waals surface area contributed by atoms with Crippen LogP contribution < -0.4 is 11.1 Å². The molecular formula is C18H31Cl2N3O. The molecule has 1 fully saturated rings. The van der Waals surface area contributed by atoms with Crippen LogP contribution in [-0.2, 0) is 11.2 Å². The molecule has 1 saturated heterocycles. The van der Waals surface area contributed by atoms with E-state index in [0.717, 1.165) is 31.0 Å². The number of rotatable bonds is 7. The Morgan fingerprint density at radius 1 is 1.25 bits per heavy atom. The van der Waals surface area contributed by atoms with Gasteiger partial charge in [0.05, 0.1) is 6.04 Å². The average molecular weight is 376 g/mol. The zero-order chi connectivity index (χ0) is 15.8. The van der Waals surface area contributed by atoms with E-state index in [4.69, 9.17) is 5.73 Å². The first kappa shape index (κ1) is 23.2. The molecule has 138 valence electrons. The number of amides is 1. The molecule has 0 spiro atoms. The number of nitrogens with two attached hydrogens (primary N) is 1. The molecule has 1 amide bonds. The van der Waals surface area contributed by atoms with Crippen LogP contribution in [0.1, 0.15) is 31.7 Å². The number of hydrogen-bond donors (Lipinski definition) is 2. The summed E-state index contributed by atoms with van der Waals surface area (Å²) in [6.07, 6.45) is 4.17. The SMILES string of the molecule is CCN1CCC(CCNC(=O)C(N)Cc2ccccc2)CC1.Cl.Cl. The second-order valence-corrected chi connectivity index (χ2v) is 6.25. The first-order valence-electron chi connectivity index (χ1n) is 8.48. The minimum absolute atomic E-state index is 0. The highest BCUT2D eigenvalue weighted by Gasteiger charge is 2.19. The predicted octanol–water partition coefficient (Wildman–Crippen LogP) is 2.64. The van der Waals surface area contributed by atoms with Gasteiger partial charge in [0.15, 0.2) is 0 Å². The molecule has 3 N–H and O–H groups in total. The third-order valence-corrected chi connectivity index (χ3v) is 4.64. The maximum Gasteiger partial charge on any atom is 0.237 e. The van der Waals surface area contributed by atoms with Crippen LogP contribution in [0.2, 0.25) is 0 Å². The predicted molar refractivity (Wildman–Crippen MR) is 105 cm³/mol. The van der Waals surface area contributed by atoms with Crippen molar-refractivity contribution in [2.24, 2.45) is 11.7 Å². The van der Waals surface area contributed by atoms with Crippen LogP contribution in [0.4, 0.5) is 0 Å². The standard InChI is InChI=1S/C18H29N3O.2ClH/c1-2-21-12-9-15(10-13-21)8-11-20-18(22)17(19)14-16-6-4-3-5-7-16;;/h3-7,15,17H,2,8-14,19H2,1H3,(H,20,22);2*1H. The van der Waals surface area contributed by atoms with E-state index in [1.54, 1.807) is 0 Å². The molecule has 0 aromatic heterocycles. The van der Waals surface area contributed by atoms with Gasteiger partial charge < -0.3 is 16.0 Å². The zero-order valence-electron chi connectivity index (χ0n) is 14.4. The Kier molecular flexibility index (Phi) is 12.1. The monoisotopic (exact) mass is 375 g/mol. The van der Waals surface area contributed by atoms with Crippen molar-refractivity contribution in [2.45, 2.75) is 38.6 Å². The lowest BCUT2D eigenvalue weighted by molar-refractivity contribution is -0.122. The number of nitrogens with one attached hydrogen (secondary N) is 1. The zero-order valence-corrected chi connectivity index (χ0v) is 16.1. The van der Waals surface area contributed by atoms with Gasteiger partial charge in [-0.25, -0.2) is 0 Å². The Labute approximate surface area is 158 Å². The molecule has 4 nitrogen and oxygen atoms in total. The van der Waals surface area contributed by atoms with Crippen molar-refractivity contribution in [3.05, 3.63) is 35.9 Å². The molecule has 1 atom stereocenters. The molecule has 0 radical (unpaired) electrons. The molecule has 1 aromatic rings. The number of hydrogen-bond acceptors (Lipinski definition) is 3. The lowest BCUT2D eigenvalue weighted by atomic mass is 9.93. The van der Waals surface area contributed by atoms with Gasteiger partial charge in [0.2, 0.25) is 5.91 Å². The van der Waals surface area contributed by atoms with E-state index < -0.39 is 6.04 Å². The third kappa shape index (κ3) is 7.84. The summed E-state index contributed by atoms with van der Waals surface area (Å²) in [5, 5.41) is 3.00. The minimum atomic E-state index is -0.454. The van der Waals surface area contributed by atoms with Crippen LogP contribution in [0.15, 0.2) is 30.3 Å². The second kappa shape index (κ2) is 12.5. The molecule has 0 aliphatic carbocycles. The van der Waals surface area contributed by atoms with E-state index in [0.29, 0.717) is 6.42 Å². The van der Waals surface area contributed by atoms with E-state index in [1.807, 2.05) is 30.3 Å².